The largest absolute Gasteiger partial charge is 0.465 e. The first-order chi connectivity index (χ1) is 24.5. The summed E-state index contributed by atoms with van der Waals surface area (Å²) in [7, 11) is 0. The Bertz CT molecular complexity index is 2010. The molecule has 0 saturated carbocycles. The monoisotopic (exact) mass is 712 g/mol. The average Bonchev–Trinajstić information content (AvgIpc) is 3.75. The second-order valence-electron chi connectivity index (χ2n) is 12.6. The molecule has 0 aliphatic carbocycles. The zero-order valence-electron chi connectivity index (χ0n) is 29.4. The molecule has 51 heavy (non-hydrogen) atoms. The van der Waals surface area contributed by atoms with Crippen molar-refractivity contribution in [2.75, 3.05) is 19.3 Å². The minimum atomic E-state index is -1.24. The van der Waals surface area contributed by atoms with Crippen molar-refractivity contribution >= 4 is 58.1 Å². The highest BCUT2D eigenvalue weighted by Crippen LogP contribution is 2.29. The van der Waals surface area contributed by atoms with Crippen molar-refractivity contribution in [1.82, 2.24) is 40.4 Å². The Morgan fingerprint density at radius 2 is 1.29 bits per heavy atom. The van der Waals surface area contributed by atoms with Crippen LogP contribution in [0.4, 0.5) is 4.79 Å². The summed E-state index contributed by atoms with van der Waals surface area (Å²) >= 11 is 1.54. The number of hydrogen-bond acceptors (Lipinski definition) is 7. The molecule has 4 amide bonds. The standard InChI is InChI=1S/C37H44N8O5S/c1-6-22(2)23(3)44(36(48)18-39-37(49)50)19-33-40-29-13-11-27(15-31(29)42-33)25-7-9-26(10-8-25)28-12-14-30-32(16-28)43-34(41-30)20-45(24(4)51-5)35(47)17-38-21-46/h7-16,21-24,39H,6,17-20H2,1-5H3,(H,38,46)(H,40,42)(H,41,43)(H,49,50)/t22?,23-,24?/m1/s1. The van der Waals surface area contributed by atoms with Gasteiger partial charge in [0, 0.05) is 6.04 Å². The van der Waals surface area contributed by atoms with Crippen LogP contribution < -0.4 is 10.6 Å². The van der Waals surface area contributed by atoms with Gasteiger partial charge in [0.15, 0.2) is 0 Å². The van der Waals surface area contributed by atoms with E-state index in [9.17, 15) is 19.2 Å². The van der Waals surface area contributed by atoms with Crippen LogP contribution in [0.3, 0.4) is 0 Å². The fraction of sp³-hybridized carbons (Fsp3) is 0.351. The van der Waals surface area contributed by atoms with Gasteiger partial charge in [-0.25, -0.2) is 14.8 Å². The Morgan fingerprint density at radius 1 is 0.804 bits per heavy atom. The second kappa shape index (κ2) is 16.6. The average molecular weight is 713 g/mol. The SMILES string of the molecule is CCC(C)[C@@H](C)N(Cc1nc2ccc(-c3ccc(-c4ccc5nc(CN(C(=O)CNC=O)C(C)SC)[nH]c5c4)cc3)cc2[nH]1)C(=O)CNC(=O)O. The van der Waals surface area contributed by atoms with Gasteiger partial charge in [-0.1, -0.05) is 56.7 Å². The molecule has 0 spiro atoms. The normalized spacial score (nSPS) is 13.0. The van der Waals surface area contributed by atoms with Crippen LogP contribution in [-0.2, 0) is 27.5 Å². The van der Waals surface area contributed by atoms with E-state index in [4.69, 9.17) is 15.1 Å². The van der Waals surface area contributed by atoms with Gasteiger partial charge in [-0.05, 0) is 72.5 Å². The number of aromatic amines is 2. The van der Waals surface area contributed by atoms with Crippen LogP contribution in [0.15, 0.2) is 60.7 Å². The molecule has 14 heteroatoms. The molecule has 3 atom stereocenters. The lowest BCUT2D eigenvalue weighted by molar-refractivity contribution is -0.134. The van der Waals surface area contributed by atoms with Crippen molar-refractivity contribution in [3.8, 4) is 22.3 Å². The van der Waals surface area contributed by atoms with Gasteiger partial charge in [-0.15, -0.1) is 11.8 Å². The van der Waals surface area contributed by atoms with Crippen LogP contribution in [0.2, 0.25) is 0 Å². The Morgan fingerprint density at radius 3 is 1.76 bits per heavy atom. The lowest BCUT2D eigenvalue weighted by atomic mass is 9.99. The molecular weight excluding hydrogens is 669 g/mol. The van der Waals surface area contributed by atoms with Crippen LogP contribution >= 0.6 is 11.8 Å². The molecule has 2 unspecified atom stereocenters. The summed E-state index contributed by atoms with van der Waals surface area (Å²) in [5, 5.41) is 13.5. The molecule has 0 fully saturated rings. The number of carboxylic acid groups (broad SMARTS) is 1. The Balaban J connectivity index is 1.32. The zero-order chi connectivity index (χ0) is 36.7. The lowest BCUT2D eigenvalue weighted by Crippen LogP contribution is -2.46. The van der Waals surface area contributed by atoms with Crippen molar-refractivity contribution in [2.45, 2.75) is 58.6 Å². The number of carbonyl (C=O) groups excluding carboxylic acids is 3. The number of rotatable bonds is 16. The molecule has 13 nitrogen and oxygen atoms in total. The number of amides is 4. The third-order valence-electron chi connectivity index (χ3n) is 9.36. The quantitative estimate of drug-likeness (QED) is 0.0650. The summed E-state index contributed by atoms with van der Waals surface area (Å²) in [6.45, 7) is 8.22. The number of thioether (sulfide) groups is 1. The highest BCUT2D eigenvalue weighted by Gasteiger charge is 2.26. The summed E-state index contributed by atoms with van der Waals surface area (Å²) in [5.41, 5.74) is 7.36. The van der Waals surface area contributed by atoms with E-state index in [-0.39, 0.29) is 48.8 Å². The first kappa shape index (κ1) is 36.9. The number of benzene rings is 3. The summed E-state index contributed by atoms with van der Waals surface area (Å²) in [6, 6.07) is 20.2. The minimum Gasteiger partial charge on any atom is -0.465 e. The van der Waals surface area contributed by atoms with Crippen molar-refractivity contribution in [3.05, 3.63) is 72.3 Å². The van der Waals surface area contributed by atoms with Gasteiger partial charge < -0.3 is 35.5 Å². The number of nitrogens with zero attached hydrogens (tertiary/aromatic N) is 4. The number of hydrogen-bond donors (Lipinski definition) is 5. The lowest BCUT2D eigenvalue weighted by Gasteiger charge is -2.32. The molecule has 5 rings (SSSR count). The van der Waals surface area contributed by atoms with Crippen LogP contribution in [0.5, 0.6) is 0 Å². The molecule has 0 radical (unpaired) electrons. The molecule has 5 N–H and O–H groups in total. The highest BCUT2D eigenvalue weighted by atomic mass is 32.2. The molecule has 268 valence electrons. The molecule has 0 saturated heterocycles. The number of fused-ring (bicyclic) bond motifs is 2. The molecule has 2 aromatic heterocycles. The van der Waals surface area contributed by atoms with Crippen LogP contribution in [0.25, 0.3) is 44.3 Å². The number of H-pyrrole nitrogens is 2. The summed E-state index contributed by atoms with van der Waals surface area (Å²) in [4.78, 5) is 67.0. The fourth-order valence-electron chi connectivity index (χ4n) is 5.95. The predicted octanol–water partition coefficient (Wildman–Crippen LogP) is 5.59. The van der Waals surface area contributed by atoms with Crippen LogP contribution in [0.1, 0.15) is 45.8 Å². The van der Waals surface area contributed by atoms with E-state index in [1.54, 1.807) is 21.6 Å². The topological polar surface area (TPSA) is 176 Å². The summed E-state index contributed by atoms with van der Waals surface area (Å²) < 4.78 is 0. The van der Waals surface area contributed by atoms with E-state index in [0.717, 1.165) is 50.7 Å². The predicted molar refractivity (Wildman–Crippen MR) is 200 cm³/mol. The Labute approximate surface area is 300 Å². The fourth-order valence-corrected chi connectivity index (χ4v) is 6.40. The van der Waals surface area contributed by atoms with E-state index in [0.29, 0.717) is 24.6 Å². The summed E-state index contributed by atoms with van der Waals surface area (Å²) in [5.74, 6) is 1.02. The van der Waals surface area contributed by atoms with Gasteiger partial charge in [0.1, 0.15) is 18.2 Å². The maximum atomic E-state index is 13.0. The van der Waals surface area contributed by atoms with E-state index in [1.807, 2.05) is 56.5 Å². The third-order valence-corrected chi connectivity index (χ3v) is 10.3. The van der Waals surface area contributed by atoms with Crippen molar-refractivity contribution in [3.63, 3.8) is 0 Å². The first-order valence-corrected chi connectivity index (χ1v) is 18.1. The van der Waals surface area contributed by atoms with E-state index in [1.165, 1.54) is 0 Å². The molecule has 0 aliphatic heterocycles. The van der Waals surface area contributed by atoms with E-state index < -0.39 is 6.09 Å². The summed E-state index contributed by atoms with van der Waals surface area (Å²) in [6.07, 6.45) is 2.09. The van der Waals surface area contributed by atoms with Gasteiger partial charge in [0.2, 0.25) is 18.2 Å². The molecule has 2 heterocycles. The van der Waals surface area contributed by atoms with E-state index in [2.05, 4.69) is 58.7 Å². The van der Waals surface area contributed by atoms with Gasteiger partial charge >= 0.3 is 6.09 Å². The van der Waals surface area contributed by atoms with Gasteiger partial charge in [0.05, 0.1) is 47.1 Å². The third kappa shape index (κ3) is 8.87. The second-order valence-corrected chi connectivity index (χ2v) is 13.7. The van der Waals surface area contributed by atoms with Gasteiger partial charge in [-0.2, -0.15) is 0 Å². The molecular formula is C37H44N8O5S. The highest BCUT2D eigenvalue weighted by molar-refractivity contribution is 7.99. The Hall–Kier alpha value is -5.37. The zero-order valence-corrected chi connectivity index (χ0v) is 30.2. The van der Waals surface area contributed by atoms with Gasteiger partial charge in [0.25, 0.3) is 0 Å². The van der Waals surface area contributed by atoms with Crippen LogP contribution in [-0.4, -0.2) is 89.9 Å². The van der Waals surface area contributed by atoms with E-state index >= 15 is 0 Å². The molecule has 0 bridgehead atoms. The molecule has 0 aliphatic rings. The number of imidazole rings is 2. The van der Waals surface area contributed by atoms with Crippen LogP contribution in [0, 0.1) is 5.92 Å². The molecule has 5 aromatic rings. The van der Waals surface area contributed by atoms with Crippen molar-refractivity contribution in [1.29, 1.82) is 0 Å². The van der Waals surface area contributed by atoms with Crippen molar-refractivity contribution in [2.24, 2.45) is 5.92 Å². The Kier molecular flexibility index (Phi) is 12.0. The first-order valence-electron chi connectivity index (χ1n) is 16.8. The number of nitrogens with one attached hydrogen (secondary N) is 4. The molecule has 3 aromatic carbocycles. The van der Waals surface area contributed by atoms with Crippen molar-refractivity contribution < 1.29 is 24.3 Å². The maximum absolute atomic E-state index is 13.0. The maximum Gasteiger partial charge on any atom is 0.405 e. The number of aromatic nitrogens is 4. The smallest absolute Gasteiger partial charge is 0.405 e. The minimum absolute atomic E-state index is 0.0695. The van der Waals surface area contributed by atoms with Gasteiger partial charge in [-0.3, -0.25) is 14.4 Å². The number of carbonyl (C=O) groups is 4.